The molecule has 1 fully saturated rings. The van der Waals surface area contributed by atoms with Gasteiger partial charge in [0, 0.05) is 32.7 Å². The van der Waals surface area contributed by atoms with Crippen molar-refractivity contribution in [1.82, 2.24) is 10.6 Å². The summed E-state index contributed by atoms with van der Waals surface area (Å²) in [6, 6.07) is 16.4. The van der Waals surface area contributed by atoms with Gasteiger partial charge in [-0.15, -0.1) is 24.0 Å². The van der Waals surface area contributed by atoms with Gasteiger partial charge in [0.15, 0.2) is 5.96 Å². The van der Waals surface area contributed by atoms with Crippen molar-refractivity contribution in [2.24, 2.45) is 4.99 Å². The summed E-state index contributed by atoms with van der Waals surface area (Å²) in [5.74, 6) is 2.55. The Morgan fingerprint density at radius 1 is 1.13 bits per heavy atom. The lowest BCUT2D eigenvalue weighted by atomic mass is 10.2. The molecule has 1 saturated heterocycles. The zero-order chi connectivity index (χ0) is 21.2. The van der Waals surface area contributed by atoms with Crippen LogP contribution >= 0.6 is 24.0 Å². The molecule has 0 aliphatic carbocycles. The monoisotopic (exact) mass is 540 g/mol. The van der Waals surface area contributed by atoms with Gasteiger partial charge in [0.2, 0.25) is 0 Å². The number of benzene rings is 2. The highest BCUT2D eigenvalue weighted by Crippen LogP contribution is 2.30. The Bertz CT molecular complexity index is 834. The number of hydrogen-bond acceptors (Lipinski definition) is 5. The number of aliphatic imine (C=N–C) groups is 1. The van der Waals surface area contributed by atoms with Crippen molar-refractivity contribution in [2.75, 3.05) is 52.4 Å². The van der Waals surface area contributed by atoms with Crippen LogP contribution in [0.25, 0.3) is 0 Å². The van der Waals surface area contributed by atoms with E-state index in [1.54, 1.807) is 21.3 Å². The van der Waals surface area contributed by atoms with E-state index in [-0.39, 0.29) is 24.0 Å². The van der Waals surface area contributed by atoms with Crippen LogP contribution in [0.4, 0.5) is 5.69 Å². The summed E-state index contributed by atoms with van der Waals surface area (Å²) in [6.45, 7) is 3.73. The molecular formula is C23H33IN4O3. The van der Waals surface area contributed by atoms with Crippen LogP contribution in [0, 0.1) is 0 Å². The summed E-state index contributed by atoms with van der Waals surface area (Å²) < 4.78 is 16.5. The van der Waals surface area contributed by atoms with Crippen molar-refractivity contribution in [3.63, 3.8) is 0 Å². The zero-order valence-electron chi connectivity index (χ0n) is 18.5. The summed E-state index contributed by atoms with van der Waals surface area (Å²) in [5, 5.41) is 6.84. The zero-order valence-corrected chi connectivity index (χ0v) is 20.8. The molecule has 1 atom stereocenters. The average molecular weight is 540 g/mol. The van der Waals surface area contributed by atoms with Crippen molar-refractivity contribution >= 4 is 35.6 Å². The van der Waals surface area contributed by atoms with Crippen molar-refractivity contribution < 1.29 is 14.2 Å². The van der Waals surface area contributed by atoms with Gasteiger partial charge < -0.3 is 29.7 Å². The molecule has 0 amide bonds. The Balaban J connectivity index is 0.00000341. The van der Waals surface area contributed by atoms with Gasteiger partial charge in [-0.25, -0.2) is 0 Å². The molecule has 1 unspecified atom stereocenters. The molecule has 2 aromatic carbocycles. The summed E-state index contributed by atoms with van der Waals surface area (Å²) in [7, 11) is 5.18. The van der Waals surface area contributed by atoms with Crippen LogP contribution in [0.5, 0.6) is 11.5 Å². The molecule has 1 aliphatic heterocycles. The number of methoxy groups -OCH3 is 2. The van der Waals surface area contributed by atoms with Gasteiger partial charge in [-0.3, -0.25) is 4.99 Å². The second kappa shape index (κ2) is 13.3. The van der Waals surface area contributed by atoms with Crippen LogP contribution in [-0.2, 0) is 11.3 Å². The van der Waals surface area contributed by atoms with Gasteiger partial charge in [-0.2, -0.15) is 0 Å². The number of anilines is 1. The van der Waals surface area contributed by atoms with Crippen molar-refractivity contribution in [1.29, 1.82) is 0 Å². The molecule has 0 bridgehead atoms. The minimum Gasteiger partial charge on any atom is -0.497 e. The average Bonchev–Trinajstić information content (AvgIpc) is 3.26. The number of ether oxygens (including phenoxy) is 3. The van der Waals surface area contributed by atoms with Crippen LogP contribution in [0.1, 0.15) is 12.0 Å². The fraction of sp³-hybridized carbons (Fsp3) is 0.435. The Labute approximate surface area is 202 Å². The Morgan fingerprint density at radius 2 is 1.97 bits per heavy atom. The van der Waals surface area contributed by atoms with Crippen molar-refractivity contribution in [3.05, 3.63) is 54.1 Å². The number of para-hydroxylation sites is 2. The molecular weight excluding hydrogens is 507 g/mol. The minimum absolute atomic E-state index is 0. The second-order valence-electron chi connectivity index (χ2n) is 7.15. The fourth-order valence-electron chi connectivity index (χ4n) is 3.57. The quantitative estimate of drug-likeness (QED) is 0.220. The number of guanidine groups is 1. The number of hydrogen-bond donors (Lipinski definition) is 2. The fourth-order valence-corrected chi connectivity index (χ4v) is 3.57. The molecule has 0 saturated carbocycles. The molecule has 0 spiro atoms. The lowest BCUT2D eigenvalue weighted by Crippen LogP contribution is -2.45. The molecule has 2 aromatic rings. The maximum absolute atomic E-state index is 5.76. The van der Waals surface area contributed by atoms with Gasteiger partial charge >= 0.3 is 0 Å². The van der Waals surface area contributed by atoms with Crippen LogP contribution in [-0.4, -0.2) is 59.5 Å². The molecule has 8 heteroatoms. The van der Waals surface area contributed by atoms with Gasteiger partial charge in [0.1, 0.15) is 11.5 Å². The number of nitrogens with one attached hydrogen (secondary N) is 2. The van der Waals surface area contributed by atoms with E-state index in [2.05, 4.69) is 26.6 Å². The Kier molecular flexibility index (Phi) is 10.7. The molecule has 3 rings (SSSR count). The first-order chi connectivity index (χ1) is 14.7. The van der Waals surface area contributed by atoms with E-state index in [1.165, 1.54) is 0 Å². The third-order valence-electron chi connectivity index (χ3n) is 5.12. The number of halogens is 1. The normalized spacial score (nSPS) is 15.9. The first kappa shape index (κ1) is 25.1. The van der Waals surface area contributed by atoms with Gasteiger partial charge in [0.25, 0.3) is 0 Å². The largest absolute Gasteiger partial charge is 0.497 e. The lowest BCUT2D eigenvalue weighted by molar-refractivity contribution is 0.125. The number of rotatable bonds is 9. The molecule has 0 aromatic heterocycles. The Morgan fingerprint density at radius 3 is 2.74 bits per heavy atom. The standard InChI is InChI=1S/C23H32N4O3.HI/c1-24-23(25-12-14-30-17-18-7-6-8-20(15-18)28-2)26-19-11-13-27(16-19)21-9-4-5-10-22(21)29-3;/h4-10,15,19H,11-14,16-17H2,1-3H3,(H2,24,25,26);1H. The molecule has 170 valence electrons. The van der Waals surface area contributed by atoms with Gasteiger partial charge in [-0.1, -0.05) is 24.3 Å². The maximum atomic E-state index is 5.76. The van der Waals surface area contributed by atoms with E-state index >= 15 is 0 Å². The summed E-state index contributed by atoms with van der Waals surface area (Å²) in [6.07, 6.45) is 1.05. The molecule has 1 aliphatic rings. The third-order valence-corrected chi connectivity index (χ3v) is 5.12. The SMILES string of the molecule is CN=C(NCCOCc1cccc(OC)c1)NC1CCN(c2ccccc2OC)C1.I. The summed E-state index contributed by atoms with van der Waals surface area (Å²) in [4.78, 5) is 6.69. The highest BCUT2D eigenvalue weighted by Gasteiger charge is 2.25. The molecule has 31 heavy (non-hydrogen) atoms. The minimum atomic E-state index is 0. The molecule has 2 N–H and O–H groups in total. The molecule has 7 nitrogen and oxygen atoms in total. The lowest BCUT2D eigenvalue weighted by Gasteiger charge is -2.22. The third kappa shape index (κ3) is 7.46. The van der Waals surface area contributed by atoms with E-state index in [0.29, 0.717) is 25.8 Å². The van der Waals surface area contributed by atoms with Crippen LogP contribution in [0.15, 0.2) is 53.5 Å². The summed E-state index contributed by atoms with van der Waals surface area (Å²) >= 11 is 0. The molecule has 0 radical (unpaired) electrons. The van der Waals surface area contributed by atoms with Gasteiger partial charge in [0.05, 0.1) is 33.1 Å². The first-order valence-corrected chi connectivity index (χ1v) is 10.3. The van der Waals surface area contributed by atoms with E-state index in [0.717, 1.165) is 48.2 Å². The van der Waals surface area contributed by atoms with Crippen LogP contribution < -0.4 is 25.0 Å². The topological polar surface area (TPSA) is 67.4 Å². The maximum Gasteiger partial charge on any atom is 0.191 e. The Hall–Kier alpha value is -2.20. The van der Waals surface area contributed by atoms with E-state index < -0.39 is 0 Å². The number of nitrogens with zero attached hydrogens (tertiary/aromatic N) is 2. The van der Waals surface area contributed by atoms with Crippen LogP contribution in [0.2, 0.25) is 0 Å². The van der Waals surface area contributed by atoms with E-state index in [1.807, 2.05) is 42.5 Å². The second-order valence-corrected chi connectivity index (χ2v) is 7.15. The van der Waals surface area contributed by atoms with Gasteiger partial charge in [-0.05, 0) is 36.2 Å². The molecule has 1 heterocycles. The van der Waals surface area contributed by atoms with Crippen LogP contribution in [0.3, 0.4) is 0 Å². The summed E-state index contributed by atoms with van der Waals surface area (Å²) in [5.41, 5.74) is 2.23. The first-order valence-electron chi connectivity index (χ1n) is 10.3. The predicted molar refractivity (Wildman–Crippen MR) is 136 cm³/mol. The van der Waals surface area contributed by atoms with Crippen molar-refractivity contribution in [3.8, 4) is 11.5 Å². The van der Waals surface area contributed by atoms with Crippen molar-refractivity contribution in [2.45, 2.75) is 19.1 Å². The highest BCUT2D eigenvalue weighted by molar-refractivity contribution is 14.0. The highest BCUT2D eigenvalue weighted by atomic mass is 127. The van der Waals surface area contributed by atoms with E-state index in [9.17, 15) is 0 Å². The smallest absolute Gasteiger partial charge is 0.191 e. The predicted octanol–water partition coefficient (Wildman–Crippen LogP) is 3.28. The van der Waals surface area contributed by atoms with E-state index in [4.69, 9.17) is 14.2 Å².